The van der Waals surface area contributed by atoms with Crippen molar-refractivity contribution < 1.29 is 24.0 Å². The number of Topliss-reactive ketones (excluding diaryl/α,β-unsaturated/α-hetero) is 1. The van der Waals surface area contributed by atoms with Crippen molar-refractivity contribution in [2.75, 3.05) is 19.1 Å². The van der Waals surface area contributed by atoms with Crippen LogP contribution in [-0.2, 0) is 14.3 Å². The highest BCUT2D eigenvalue weighted by Gasteiger charge is 2.66. The summed E-state index contributed by atoms with van der Waals surface area (Å²) in [6, 6.07) is 11.4. The quantitative estimate of drug-likeness (QED) is 0.389. The summed E-state index contributed by atoms with van der Waals surface area (Å²) in [5.74, 6) is -1.31. The predicted octanol–water partition coefficient (Wildman–Crippen LogP) is 3.24. The molecule has 2 aromatic carbocycles. The van der Waals surface area contributed by atoms with E-state index in [9.17, 15) is 25.0 Å². The number of methoxy groups -OCH3 is 2. The summed E-state index contributed by atoms with van der Waals surface area (Å²) in [5, 5.41) is 21.5. The monoisotopic (exact) mass is 447 g/mol. The van der Waals surface area contributed by atoms with E-state index in [0.29, 0.717) is 17.0 Å². The minimum absolute atomic E-state index is 0.133. The number of ketones is 1. The van der Waals surface area contributed by atoms with Gasteiger partial charge >= 0.3 is 5.97 Å². The summed E-state index contributed by atoms with van der Waals surface area (Å²) in [6.45, 7) is 1.41. The molecule has 2 aliphatic rings. The summed E-state index contributed by atoms with van der Waals surface area (Å²) in [7, 11) is 2.75. The summed E-state index contributed by atoms with van der Waals surface area (Å²) < 4.78 is 10.4. The Labute approximate surface area is 190 Å². The van der Waals surface area contributed by atoms with Crippen LogP contribution in [0.4, 0.5) is 11.4 Å². The first-order chi connectivity index (χ1) is 15.8. The Hall–Kier alpha value is -4.19. The fraction of sp³-hybridized carbons (Fsp3) is 0.292. The topological polar surface area (TPSA) is 123 Å². The number of nitrogens with zero attached hydrogens (tertiary/aromatic N) is 3. The number of anilines is 1. The maximum atomic E-state index is 13.2. The summed E-state index contributed by atoms with van der Waals surface area (Å²) in [5.41, 5.74) is 0.0294. The zero-order valence-electron chi connectivity index (χ0n) is 18.2. The fourth-order valence-corrected chi connectivity index (χ4v) is 5.03. The van der Waals surface area contributed by atoms with Crippen molar-refractivity contribution >= 4 is 29.2 Å². The van der Waals surface area contributed by atoms with E-state index in [4.69, 9.17) is 9.47 Å². The predicted molar refractivity (Wildman–Crippen MR) is 119 cm³/mol. The summed E-state index contributed by atoms with van der Waals surface area (Å²) in [4.78, 5) is 38.6. The van der Waals surface area contributed by atoms with Gasteiger partial charge in [0, 0.05) is 29.3 Å². The van der Waals surface area contributed by atoms with Gasteiger partial charge in [0.2, 0.25) is 0 Å². The molecule has 2 heterocycles. The van der Waals surface area contributed by atoms with Gasteiger partial charge in [0.05, 0.1) is 37.3 Å². The van der Waals surface area contributed by atoms with Gasteiger partial charge in [-0.05, 0) is 30.7 Å². The van der Waals surface area contributed by atoms with Gasteiger partial charge in [0.25, 0.3) is 5.69 Å². The lowest BCUT2D eigenvalue weighted by Crippen LogP contribution is -2.46. The van der Waals surface area contributed by atoms with Crippen molar-refractivity contribution in [1.82, 2.24) is 0 Å². The second-order valence-corrected chi connectivity index (χ2v) is 7.99. The van der Waals surface area contributed by atoms with Gasteiger partial charge < -0.3 is 14.4 Å². The number of nitriles is 1. The Bertz CT molecular complexity index is 1220. The van der Waals surface area contributed by atoms with Crippen molar-refractivity contribution in [2.45, 2.75) is 24.9 Å². The third kappa shape index (κ3) is 3.14. The molecule has 9 nitrogen and oxygen atoms in total. The molecule has 9 heteroatoms. The SMILES string of the molecule is COC(=O)[C@]1(C#N)[C@H](c2ccc([N+](=O)[O-])cc2)[C@@H](C(C)=O)N2c3ccc(OC)cc3C=C[C@@H]21. The van der Waals surface area contributed by atoms with Crippen molar-refractivity contribution in [2.24, 2.45) is 5.41 Å². The largest absolute Gasteiger partial charge is 0.497 e. The van der Waals surface area contributed by atoms with Crippen LogP contribution < -0.4 is 9.64 Å². The number of carbonyl (C=O) groups excluding carboxylic acids is 2. The maximum absolute atomic E-state index is 13.2. The third-order valence-corrected chi connectivity index (χ3v) is 6.43. The van der Waals surface area contributed by atoms with Gasteiger partial charge in [-0.2, -0.15) is 5.26 Å². The number of benzene rings is 2. The Morgan fingerprint density at radius 1 is 1.18 bits per heavy atom. The molecule has 0 amide bonds. The smallest absolute Gasteiger partial charge is 0.329 e. The van der Waals surface area contributed by atoms with Gasteiger partial charge in [-0.1, -0.05) is 24.3 Å². The average Bonchev–Trinajstić information content (AvgIpc) is 3.14. The normalized spacial score (nSPS) is 24.9. The number of hydrogen-bond acceptors (Lipinski definition) is 8. The van der Waals surface area contributed by atoms with Crippen LogP contribution in [-0.4, -0.2) is 43.0 Å². The third-order valence-electron chi connectivity index (χ3n) is 6.43. The van der Waals surface area contributed by atoms with Crippen LogP contribution in [0.25, 0.3) is 6.08 Å². The molecule has 1 fully saturated rings. The maximum Gasteiger partial charge on any atom is 0.329 e. The van der Waals surface area contributed by atoms with E-state index in [1.165, 1.54) is 38.3 Å². The van der Waals surface area contributed by atoms with E-state index in [0.717, 1.165) is 5.56 Å². The van der Waals surface area contributed by atoms with Gasteiger partial charge in [-0.3, -0.25) is 19.7 Å². The summed E-state index contributed by atoms with van der Waals surface area (Å²) in [6.07, 6.45) is 3.52. The van der Waals surface area contributed by atoms with E-state index in [1.807, 2.05) is 6.07 Å². The zero-order valence-corrected chi connectivity index (χ0v) is 18.2. The molecule has 1 saturated heterocycles. The van der Waals surface area contributed by atoms with Crippen molar-refractivity contribution in [3.05, 3.63) is 69.8 Å². The van der Waals surface area contributed by atoms with Gasteiger partial charge in [0.1, 0.15) is 5.75 Å². The van der Waals surface area contributed by atoms with E-state index in [1.54, 1.807) is 36.3 Å². The highest BCUT2D eigenvalue weighted by atomic mass is 16.6. The number of carbonyl (C=O) groups is 2. The molecule has 0 radical (unpaired) electrons. The minimum atomic E-state index is -1.75. The van der Waals surface area contributed by atoms with E-state index in [2.05, 4.69) is 6.07 Å². The van der Waals surface area contributed by atoms with E-state index in [-0.39, 0.29) is 11.5 Å². The number of nitro benzene ring substituents is 1. The van der Waals surface area contributed by atoms with E-state index >= 15 is 0 Å². The van der Waals surface area contributed by atoms with Crippen LogP contribution in [0.2, 0.25) is 0 Å². The molecule has 0 spiro atoms. The number of fused-ring (bicyclic) bond motifs is 3. The number of rotatable bonds is 5. The van der Waals surface area contributed by atoms with Gasteiger partial charge in [-0.25, -0.2) is 0 Å². The molecule has 0 N–H and O–H groups in total. The number of hydrogen-bond donors (Lipinski definition) is 0. The molecule has 0 aromatic heterocycles. The second-order valence-electron chi connectivity index (χ2n) is 7.99. The molecule has 4 rings (SSSR count). The Balaban J connectivity index is 1.98. The van der Waals surface area contributed by atoms with Gasteiger partial charge in [-0.15, -0.1) is 0 Å². The molecular weight excluding hydrogens is 426 g/mol. The average molecular weight is 447 g/mol. The van der Waals surface area contributed by atoms with Crippen molar-refractivity contribution in [3.63, 3.8) is 0 Å². The second kappa shape index (κ2) is 8.06. The lowest BCUT2D eigenvalue weighted by molar-refractivity contribution is -0.384. The first-order valence-corrected chi connectivity index (χ1v) is 10.2. The fourth-order valence-electron chi connectivity index (χ4n) is 5.03. The lowest BCUT2D eigenvalue weighted by atomic mass is 9.68. The first-order valence-electron chi connectivity index (χ1n) is 10.2. The van der Waals surface area contributed by atoms with Crippen molar-refractivity contribution in [3.8, 4) is 11.8 Å². The van der Waals surface area contributed by atoms with Crippen molar-refractivity contribution in [1.29, 1.82) is 5.26 Å². The number of nitro groups is 1. The summed E-state index contributed by atoms with van der Waals surface area (Å²) >= 11 is 0. The Morgan fingerprint density at radius 2 is 1.88 bits per heavy atom. The zero-order chi connectivity index (χ0) is 23.9. The molecule has 0 saturated carbocycles. The molecule has 4 atom stereocenters. The standard InChI is InChI=1S/C24H21N3O6/c1-14(28)22-21(15-4-7-17(8-5-15)27(30)31)24(13-25,23(29)33-3)20-11-6-16-12-18(32-2)9-10-19(16)26(20)22/h4-12,20-22H,1-3H3/t20-,21-,22-,24+/m1/s1. The van der Waals surface area contributed by atoms with Crippen LogP contribution >= 0.6 is 0 Å². The Morgan fingerprint density at radius 3 is 2.42 bits per heavy atom. The van der Waals surface area contributed by atoms with E-state index < -0.39 is 34.3 Å². The minimum Gasteiger partial charge on any atom is -0.497 e. The molecule has 33 heavy (non-hydrogen) atoms. The molecule has 0 bridgehead atoms. The molecule has 0 unspecified atom stereocenters. The number of esters is 1. The molecule has 0 aliphatic carbocycles. The molecule has 2 aliphatic heterocycles. The molecule has 168 valence electrons. The number of ether oxygens (including phenoxy) is 2. The molecular formula is C24H21N3O6. The highest BCUT2D eigenvalue weighted by Crippen LogP contribution is 2.56. The number of non-ortho nitro benzene ring substituents is 1. The van der Waals surface area contributed by atoms with Crippen LogP contribution in [0.5, 0.6) is 5.75 Å². The van der Waals surface area contributed by atoms with Crippen LogP contribution in [0, 0.1) is 26.9 Å². The lowest BCUT2D eigenvalue weighted by Gasteiger charge is -2.36. The van der Waals surface area contributed by atoms with Gasteiger partial charge in [0.15, 0.2) is 11.2 Å². The van der Waals surface area contributed by atoms with Crippen LogP contribution in [0.3, 0.4) is 0 Å². The van der Waals surface area contributed by atoms with Crippen LogP contribution in [0.15, 0.2) is 48.5 Å². The van der Waals surface area contributed by atoms with Crippen LogP contribution in [0.1, 0.15) is 24.0 Å². The first kappa shape index (κ1) is 22.0. The Kier molecular flexibility index (Phi) is 5.38. The highest BCUT2D eigenvalue weighted by molar-refractivity contribution is 5.96. The molecule has 2 aromatic rings.